The van der Waals surface area contributed by atoms with Crippen molar-refractivity contribution in [1.29, 1.82) is 0 Å². The van der Waals surface area contributed by atoms with Crippen LogP contribution < -0.4 is 16.4 Å². The SMILES string of the molecule is COCCNc1ccc(NCC(CN)OC)cc1. The number of hydrogen-bond acceptors (Lipinski definition) is 5. The van der Waals surface area contributed by atoms with Gasteiger partial charge >= 0.3 is 0 Å². The molecule has 102 valence electrons. The number of ether oxygens (including phenoxy) is 2. The van der Waals surface area contributed by atoms with Crippen LogP contribution in [0.25, 0.3) is 0 Å². The molecule has 1 rings (SSSR count). The van der Waals surface area contributed by atoms with Gasteiger partial charge in [-0.1, -0.05) is 0 Å². The Labute approximate surface area is 109 Å². The normalized spacial score (nSPS) is 12.2. The van der Waals surface area contributed by atoms with Gasteiger partial charge in [0.05, 0.1) is 12.7 Å². The standard InChI is InChI=1S/C13H23N3O2/c1-17-8-7-15-11-3-5-12(6-4-11)16-10-13(9-14)18-2/h3-6,13,15-16H,7-10,14H2,1-2H3. The molecule has 1 unspecified atom stereocenters. The van der Waals surface area contributed by atoms with Crippen LogP contribution in [0.3, 0.4) is 0 Å². The van der Waals surface area contributed by atoms with Crippen LogP contribution in [0.15, 0.2) is 24.3 Å². The summed E-state index contributed by atoms with van der Waals surface area (Å²) >= 11 is 0. The molecule has 0 bridgehead atoms. The van der Waals surface area contributed by atoms with Crippen LogP contribution in [-0.2, 0) is 9.47 Å². The molecule has 1 aromatic rings. The summed E-state index contributed by atoms with van der Waals surface area (Å²) in [7, 11) is 3.36. The fourth-order valence-electron chi connectivity index (χ4n) is 1.50. The summed E-state index contributed by atoms with van der Waals surface area (Å²) in [6, 6.07) is 8.11. The third kappa shape index (κ3) is 5.35. The smallest absolute Gasteiger partial charge is 0.0865 e. The highest BCUT2D eigenvalue weighted by Gasteiger charge is 2.03. The quantitative estimate of drug-likeness (QED) is 0.576. The van der Waals surface area contributed by atoms with E-state index in [1.54, 1.807) is 14.2 Å². The zero-order valence-corrected chi connectivity index (χ0v) is 11.1. The lowest BCUT2D eigenvalue weighted by Crippen LogP contribution is -2.29. The Bertz CT molecular complexity index is 313. The predicted molar refractivity (Wildman–Crippen MR) is 75.1 cm³/mol. The van der Waals surface area contributed by atoms with Crippen molar-refractivity contribution in [3.63, 3.8) is 0 Å². The molecule has 0 spiro atoms. The van der Waals surface area contributed by atoms with E-state index in [4.69, 9.17) is 15.2 Å². The first-order chi connectivity index (χ1) is 8.80. The molecule has 0 heterocycles. The number of rotatable bonds is 9. The molecule has 0 aliphatic carbocycles. The summed E-state index contributed by atoms with van der Waals surface area (Å²) in [6.45, 7) is 2.73. The van der Waals surface area contributed by atoms with E-state index < -0.39 is 0 Å². The molecule has 0 aromatic heterocycles. The average molecular weight is 253 g/mol. The van der Waals surface area contributed by atoms with Gasteiger partial charge in [0.15, 0.2) is 0 Å². The molecule has 0 aliphatic heterocycles. The Morgan fingerprint density at radius 1 is 1.11 bits per heavy atom. The Balaban J connectivity index is 2.35. The monoisotopic (exact) mass is 253 g/mol. The first kappa shape index (κ1) is 14.8. The molecule has 0 saturated heterocycles. The largest absolute Gasteiger partial charge is 0.383 e. The fraction of sp³-hybridized carbons (Fsp3) is 0.538. The van der Waals surface area contributed by atoms with Gasteiger partial charge in [-0.25, -0.2) is 0 Å². The van der Waals surface area contributed by atoms with Gasteiger partial charge in [-0.15, -0.1) is 0 Å². The zero-order valence-electron chi connectivity index (χ0n) is 11.1. The molecule has 4 N–H and O–H groups in total. The van der Waals surface area contributed by atoms with E-state index in [2.05, 4.69) is 10.6 Å². The second-order valence-electron chi connectivity index (χ2n) is 3.97. The van der Waals surface area contributed by atoms with Crippen LogP contribution in [-0.4, -0.2) is 46.6 Å². The van der Waals surface area contributed by atoms with E-state index in [1.165, 1.54) is 0 Å². The van der Waals surface area contributed by atoms with Crippen molar-refractivity contribution in [3.05, 3.63) is 24.3 Å². The van der Waals surface area contributed by atoms with Gasteiger partial charge in [-0.2, -0.15) is 0 Å². The lowest BCUT2D eigenvalue weighted by Gasteiger charge is -2.15. The van der Waals surface area contributed by atoms with Crippen LogP contribution in [0.1, 0.15) is 0 Å². The first-order valence-corrected chi connectivity index (χ1v) is 6.09. The molecule has 5 nitrogen and oxygen atoms in total. The number of hydrogen-bond donors (Lipinski definition) is 3. The minimum absolute atomic E-state index is 0.0458. The van der Waals surface area contributed by atoms with Gasteiger partial charge in [0, 0.05) is 45.2 Å². The van der Waals surface area contributed by atoms with Crippen LogP contribution in [0.5, 0.6) is 0 Å². The zero-order chi connectivity index (χ0) is 13.2. The van der Waals surface area contributed by atoms with Crippen molar-refractivity contribution in [1.82, 2.24) is 0 Å². The van der Waals surface area contributed by atoms with Crippen LogP contribution in [0.2, 0.25) is 0 Å². The van der Waals surface area contributed by atoms with Gasteiger partial charge in [0.25, 0.3) is 0 Å². The molecule has 1 aromatic carbocycles. The maximum atomic E-state index is 5.55. The van der Waals surface area contributed by atoms with Crippen molar-refractivity contribution in [2.45, 2.75) is 6.10 Å². The van der Waals surface area contributed by atoms with Gasteiger partial charge in [-0.05, 0) is 24.3 Å². The molecule has 0 aliphatic rings. The molecule has 0 fully saturated rings. The average Bonchev–Trinajstić information content (AvgIpc) is 2.42. The van der Waals surface area contributed by atoms with E-state index in [9.17, 15) is 0 Å². The van der Waals surface area contributed by atoms with Crippen LogP contribution in [0.4, 0.5) is 11.4 Å². The molecule has 0 saturated carbocycles. The minimum Gasteiger partial charge on any atom is -0.383 e. The Kier molecular flexibility index (Phi) is 7.17. The highest BCUT2D eigenvalue weighted by atomic mass is 16.5. The van der Waals surface area contributed by atoms with Crippen LogP contribution >= 0.6 is 0 Å². The Hall–Kier alpha value is -1.30. The third-order valence-corrected chi connectivity index (χ3v) is 2.65. The number of methoxy groups -OCH3 is 2. The maximum Gasteiger partial charge on any atom is 0.0865 e. The molecule has 1 atom stereocenters. The summed E-state index contributed by atoms with van der Waals surface area (Å²) in [4.78, 5) is 0. The number of nitrogens with one attached hydrogen (secondary N) is 2. The van der Waals surface area contributed by atoms with Crippen molar-refractivity contribution < 1.29 is 9.47 Å². The highest BCUT2D eigenvalue weighted by Crippen LogP contribution is 2.13. The van der Waals surface area contributed by atoms with E-state index in [0.29, 0.717) is 19.7 Å². The van der Waals surface area contributed by atoms with Gasteiger partial charge in [0.1, 0.15) is 0 Å². The maximum absolute atomic E-state index is 5.55. The second-order valence-corrected chi connectivity index (χ2v) is 3.97. The van der Waals surface area contributed by atoms with Crippen LogP contribution in [0, 0.1) is 0 Å². The molecular formula is C13H23N3O2. The van der Waals surface area contributed by atoms with E-state index in [-0.39, 0.29) is 6.10 Å². The van der Waals surface area contributed by atoms with Gasteiger partial charge < -0.3 is 25.8 Å². The minimum atomic E-state index is 0.0458. The lowest BCUT2D eigenvalue weighted by atomic mass is 10.2. The second kappa shape index (κ2) is 8.74. The molecule has 0 amide bonds. The van der Waals surface area contributed by atoms with Crippen molar-refractivity contribution in [2.24, 2.45) is 5.73 Å². The summed E-state index contributed by atoms with van der Waals surface area (Å²) < 4.78 is 10.2. The fourth-order valence-corrected chi connectivity index (χ4v) is 1.50. The van der Waals surface area contributed by atoms with Crippen molar-refractivity contribution in [3.8, 4) is 0 Å². The Morgan fingerprint density at radius 3 is 2.22 bits per heavy atom. The summed E-state index contributed by atoms with van der Waals surface area (Å²) in [5, 5.41) is 6.55. The van der Waals surface area contributed by atoms with Gasteiger partial charge in [-0.3, -0.25) is 0 Å². The topological polar surface area (TPSA) is 68.5 Å². The van der Waals surface area contributed by atoms with Crippen molar-refractivity contribution >= 4 is 11.4 Å². The van der Waals surface area contributed by atoms with E-state index in [0.717, 1.165) is 17.9 Å². The number of nitrogens with two attached hydrogens (primary N) is 1. The van der Waals surface area contributed by atoms with Gasteiger partial charge in [0.2, 0.25) is 0 Å². The summed E-state index contributed by atoms with van der Waals surface area (Å²) in [6.07, 6.45) is 0.0458. The predicted octanol–water partition coefficient (Wildman–Crippen LogP) is 1.13. The molecule has 0 radical (unpaired) electrons. The summed E-state index contributed by atoms with van der Waals surface area (Å²) in [5.74, 6) is 0. The molecule has 18 heavy (non-hydrogen) atoms. The first-order valence-electron chi connectivity index (χ1n) is 6.09. The van der Waals surface area contributed by atoms with Crippen molar-refractivity contribution in [2.75, 3.05) is 51.1 Å². The van der Waals surface area contributed by atoms with E-state index >= 15 is 0 Å². The highest BCUT2D eigenvalue weighted by molar-refractivity contribution is 5.53. The number of benzene rings is 1. The van der Waals surface area contributed by atoms with E-state index in [1.807, 2.05) is 24.3 Å². The summed E-state index contributed by atoms with van der Waals surface area (Å²) in [5.41, 5.74) is 7.69. The third-order valence-electron chi connectivity index (χ3n) is 2.65. The molecule has 5 heteroatoms. The molecular weight excluding hydrogens is 230 g/mol. The lowest BCUT2D eigenvalue weighted by molar-refractivity contribution is 0.120. The number of anilines is 2. The Morgan fingerprint density at radius 2 is 1.72 bits per heavy atom.